The molecule has 0 aliphatic carbocycles. The van der Waals surface area contributed by atoms with E-state index in [0.29, 0.717) is 5.92 Å². The molecule has 1 atom stereocenters. The highest BCUT2D eigenvalue weighted by molar-refractivity contribution is 5.75. The molecular weight excluding hydrogens is 408 g/mol. The van der Waals surface area contributed by atoms with Gasteiger partial charge in [0, 0.05) is 44.9 Å². The lowest BCUT2D eigenvalue weighted by atomic mass is 9.84. The quantitative estimate of drug-likeness (QED) is 0.449. The summed E-state index contributed by atoms with van der Waals surface area (Å²) in [5, 5.41) is 0. The number of aromatic nitrogens is 5. The van der Waals surface area contributed by atoms with Crippen molar-refractivity contribution < 1.29 is 0 Å². The first-order valence-electron chi connectivity index (χ1n) is 11.7. The predicted molar refractivity (Wildman–Crippen MR) is 133 cm³/mol. The molecule has 1 saturated heterocycles. The molecular formula is C27H32N6. The lowest BCUT2D eigenvalue weighted by Gasteiger charge is -2.21. The van der Waals surface area contributed by atoms with Crippen LogP contribution in [0.5, 0.6) is 0 Å². The van der Waals surface area contributed by atoms with Gasteiger partial charge in [-0.05, 0) is 53.1 Å². The number of rotatable bonds is 4. The number of nitrogens with zero attached hydrogens (tertiary/aromatic N) is 6. The van der Waals surface area contributed by atoms with Crippen molar-refractivity contribution in [3.8, 4) is 0 Å². The topological polar surface area (TPSA) is 59.7 Å². The van der Waals surface area contributed by atoms with E-state index in [1.807, 2.05) is 30.3 Å². The largest absolute Gasteiger partial charge is 0.340 e. The average Bonchev–Trinajstić information content (AvgIpc) is 3.43. The molecule has 4 heterocycles. The first-order chi connectivity index (χ1) is 15.8. The van der Waals surface area contributed by atoms with Crippen molar-refractivity contribution in [2.45, 2.75) is 51.9 Å². The third kappa shape index (κ3) is 4.22. The van der Waals surface area contributed by atoms with Gasteiger partial charge in [-0.25, -0.2) is 9.97 Å². The lowest BCUT2D eigenvalue weighted by Crippen LogP contribution is -2.22. The Kier molecular flexibility index (Phi) is 5.39. The maximum Gasteiger partial charge on any atom is 0.227 e. The Balaban J connectivity index is 1.51. The molecule has 4 aromatic rings. The smallest absolute Gasteiger partial charge is 0.227 e. The molecule has 6 heteroatoms. The molecule has 0 radical (unpaired) electrons. The van der Waals surface area contributed by atoms with Gasteiger partial charge >= 0.3 is 0 Å². The number of pyridine rings is 1. The van der Waals surface area contributed by atoms with Crippen LogP contribution in [0.15, 0.2) is 49.1 Å². The molecule has 0 bridgehead atoms. The van der Waals surface area contributed by atoms with Crippen LogP contribution in [0.4, 0.5) is 5.95 Å². The van der Waals surface area contributed by atoms with Gasteiger partial charge in [0.2, 0.25) is 5.95 Å². The van der Waals surface area contributed by atoms with Crippen LogP contribution >= 0.6 is 0 Å². The minimum Gasteiger partial charge on any atom is -0.340 e. The van der Waals surface area contributed by atoms with Crippen LogP contribution in [0.25, 0.3) is 11.2 Å². The zero-order chi connectivity index (χ0) is 23.2. The van der Waals surface area contributed by atoms with E-state index in [1.54, 1.807) is 0 Å². The predicted octanol–water partition coefficient (Wildman–Crippen LogP) is 4.95. The number of hydrogen-bond acceptors (Lipinski definition) is 5. The second kappa shape index (κ2) is 8.25. The van der Waals surface area contributed by atoms with Crippen LogP contribution in [-0.2, 0) is 18.9 Å². The highest BCUT2D eigenvalue weighted by atomic mass is 15.3. The van der Waals surface area contributed by atoms with Gasteiger partial charge in [-0.2, -0.15) is 4.98 Å². The summed E-state index contributed by atoms with van der Waals surface area (Å²) in [5.41, 5.74) is 8.22. The van der Waals surface area contributed by atoms with Crippen molar-refractivity contribution >= 4 is 17.1 Å². The number of hydrogen-bond donors (Lipinski definition) is 0. The van der Waals surface area contributed by atoms with E-state index in [-0.39, 0.29) is 5.41 Å². The van der Waals surface area contributed by atoms with Crippen molar-refractivity contribution in [1.29, 1.82) is 0 Å². The zero-order valence-corrected chi connectivity index (χ0v) is 20.2. The van der Waals surface area contributed by atoms with Crippen molar-refractivity contribution in [3.05, 3.63) is 77.0 Å². The van der Waals surface area contributed by atoms with Crippen molar-refractivity contribution in [2.75, 3.05) is 18.0 Å². The maximum absolute atomic E-state index is 5.11. The van der Waals surface area contributed by atoms with Crippen molar-refractivity contribution in [3.63, 3.8) is 0 Å². The molecule has 6 nitrogen and oxygen atoms in total. The van der Waals surface area contributed by atoms with Gasteiger partial charge in [0.1, 0.15) is 5.52 Å². The Labute approximate surface area is 195 Å². The number of fused-ring (bicyclic) bond motifs is 1. The molecule has 170 valence electrons. The van der Waals surface area contributed by atoms with Crippen LogP contribution in [-0.4, -0.2) is 37.6 Å². The normalized spacial score (nSPS) is 16.6. The van der Waals surface area contributed by atoms with E-state index < -0.39 is 0 Å². The summed E-state index contributed by atoms with van der Waals surface area (Å²) in [6.07, 6.45) is 7.45. The molecule has 5 rings (SSSR count). The van der Waals surface area contributed by atoms with Crippen molar-refractivity contribution in [2.24, 2.45) is 7.05 Å². The molecule has 1 aliphatic heterocycles. The van der Waals surface area contributed by atoms with E-state index in [2.05, 4.69) is 72.9 Å². The van der Waals surface area contributed by atoms with E-state index >= 15 is 0 Å². The van der Waals surface area contributed by atoms with Gasteiger partial charge in [0.25, 0.3) is 0 Å². The Morgan fingerprint density at radius 3 is 2.61 bits per heavy atom. The molecule has 0 amide bonds. The molecule has 3 aromatic heterocycles. The highest BCUT2D eigenvalue weighted by Crippen LogP contribution is 2.31. The first kappa shape index (κ1) is 21.6. The number of anilines is 1. The first-order valence-corrected chi connectivity index (χ1v) is 11.7. The summed E-state index contributed by atoms with van der Waals surface area (Å²) in [4.78, 5) is 21.0. The fourth-order valence-electron chi connectivity index (χ4n) is 4.75. The summed E-state index contributed by atoms with van der Waals surface area (Å²) >= 11 is 0. The minimum absolute atomic E-state index is 0.110. The number of benzene rings is 1. The van der Waals surface area contributed by atoms with Crippen LogP contribution in [0.1, 0.15) is 61.1 Å². The maximum atomic E-state index is 5.11. The summed E-state index contributed by atoms with van der Waals surface area (Å²) in [5.74, 6) is 1.27. The Morgan fingerprint density at radius 2 is 1.85 bits per heavy atom. The summed E-state index contributed by atoms with van der Waals surface area (Å²) in [6.45, 7) is 10.8. The second-order valence-corrected chi connectivity index (χ2v) is 10.3. The Bertz CT molecular complexity index is 1290. The van der Waals surface area contributed by atoms with Gasteiger partial charge in [0.15, 0.2) is 5.65 Å². The van der Waals surface area contributed by atoms with Crippen LogP contribution in [0.3, 0.4) is 0 Å². The Morgan fingerprint density at radius 1 is 1.06 bits per heavy atom. The molecule has 0 saturated carbocycles. The number of imidazole rings is 1. The van der Waals surface area contributed by atoms with Crippen LogP contribution in [0.2, 0.25) is 0 Å². The molecule has 1 unspecified atom stereocenters. The highest BCUT2D eigenvalue weighted by Gasteiger charge is 2.27. The molecule has 1 aliphatic rings. The van der Waals surface area contributed by atoms with Gasteiger partial charge < -0.3 is 9.47 Å². The monoisotopic (exact) mass is 440 g/mol. The summed E-state index contributed by atoms with van der Waals surface area (Å²) in [7, 11) is 2.02. The van der Waals surface area contributed by atoms with Gasteiger partial charge in [0.05, 0.1) is 12.0 Å². The van der Waals surface area contributed by atoms with Crippen molar-refractivity contribution in [1.82, 2.24) is 24.5 Å². The average molecular weight is 441 g/mol. The molecule has 33 heavy (non-hydrogen) atoms. The molecule has 1 fully saturated rings. The Hall–Kier alpha value is -3.28. The molecule has 1 aromatic carbocycles. The lowest BCUT2D eigenvalue weighted by molar-refractivity contribution is 0.589. The van der Waals surface area contributed by atoms with E-state index in [0.717, 1.165) is 48.7 Å². The van der Waals surface area contributed by atoms with E-state index in [4.69, 9.17) is 9.97 Å². The van der Waals surface area contributed by atoms with Gasteiger partial charge in [-0.3, -0.25) is 4.98 Å². The summed E-state index contributed by atoms with van der Waals surface area (Å²) < 4.78 is 2.04. The van der Waals surface area contributed by atoms with Gasteiger partial charge in [-0.15, -0.1) is 0 Å². The zero-order valence-electron chi connectivity index (χ0n) is 20.2. The minimum atomic E-state index is 0.110. The van der Waals surface area contributed by atoms with E-state index in [1.165, 1.54) is 22.3 Å². The third-order valence-electron chi connectivity index (χ3n) is 6.85. The second-order valence-electron chi connectivity index (χ2n) is 10.3. The molecule has 0 N–H and O–H groups in total. The van der Waals surface area contributed by atoms with Gasteiger partial charge in [-0.1, -0.05) is 39.0 Å². The number of aryl methyl sites for hydroxylation is 2. The summed E-state index contributed by atoms with van der Waals surface area (Å²) in [6, 6.07) is 11.1. The van der Waals surface area contributed by atoms with Crippen LogP contribution < -0.4 is 4.90 Å². The fraction of sp³-hybridized carbons (Fsp3) is 0.407. The standard InChI is InChI=1S/C27H32N6/c1-18-6-7-22(27(2,3)4)14-21(18)15-23-24-25(29-17-32(24)5)31-26(30-23)33-13-10-20(16-33)19-8-11-28-12-9-19/h6-9,11-12,14,17,20H,10,13,15-16H2,1-5H3. The van der Waals surface area contributed by atoms with Crippen LogP contribution in [0, 0.1) is 6.92 Å². The third-order valence-corrected chi connectivity index (χ3v) is 6.85. The van der Waals surface area contributed by atoms with E-state index in [9.17, 15) is 0 Å². The molecule has 0 spiro atoms. The SMILES string of the molecule is Cc1ccc(C(C)(C)C)cc1Cc1nc(N2CCC(c3ccncc3)C2)nc2ncn(C)c12. The fourth-order valence-corrected chi connectivity index (χ4v) is 4.75.